The van der Waals surface area contributed by atoms with Crippen LogP contribution < -0.4 is 9.47 Å². The smallest absolute Gasteiger partial charge is 0.307 e. The number of nitrogens with zero attached hydrogens (tertiary/aromatic N) is 1. The zero-order valence-corrected chi connectivity index (χ0v) is 15.2. The molecule has 4 atom stereocenters. The Balaban J connectivity index is 1.79. The second kappa shape index (κ2) is 5.02. The number of esters is 1. The second-order valence-electron chi connectivity index (χ2n) is 7.88. The van der Waals surface area contributed by atoms with Gasteiger partial charge in [-0.2, -0.15) is 0 Å². The number of methoxy groups -OCH3 is 1. The fourth-order valence-electron chi connectivity index (χ4n) is 5.75. The summed E-state index contributed by atoms with van der Waals surface area (Å²) in [7, 11) is 3.69. The Kier molecular flexibility index (Phi) is 3.12. The van der Waals surface area contributed by atoms with E-state index in [-0.39, 0.29) is 12.0 Å². The van der Waals surface area contributed by atoms with E-state index in [0.717, 1.165) is 24.9 Å². The van der Waals surface area contributed by atoms with Crippen molar-refractivity contribution >= 4 is 5.97 Å². The van der Waals surface area contributed by atoms with E-state index in [1.54, 1.807) is 7.11 Å². The first-order valence-electron chi connectivity index (χ1n) is 9.10. The molecule has 4 aliphatic rings. The molecule has 26 heavy (non-hydrogen) atoms. The lowest BCUT2D eigenvalue weighted by molar-refractivity contribution is -0.168. The number of benzene rings is 1. The molecule has 6 nitrogen and oxygen atoms in total. The fraction of sp³-hybridized carbons (Fsp3) is 0.550. The van der Waals surface area contributed by atoms with Crippen molar-refractivity contribution in [1.82, 2.24) is 4.90 Å². The molecule has 2 bridgehead atoms. The van der Waals surface area contributed by atoms with Crippen molar-refractivity contribution in [3.8, 4) is 11.5 Å². The average Bonchev–Trinajstić information content (AvgIpc) is 2.95. The van der Waals surface area contributed by atoms with E-state index in [1.807, 2.05) is 12.1 Å². The van der Waals surface area contributed by atoms with E-state index in [4.69, 9.17) is 14.2 Å². The summed E-state index contributed by atoms with van der Waals surface area (Å²) < 4.78 is 17.4. The monoisotopic (exact) mass is 357 g/mol. The summed E-state index contributed by atoms with van der Waals surface area (Å²) >= 11 is 0. The van der Waals surface area contributed by atoms with Crippen LogP contribution in [0, 0.1) is 0 Å². The number of hydrogen-bond donors (Lipinski definition) is 1. The molecule has 0 radical (unpaired) electrons. The highest BCUT2D eigenvalue weighted by molar-refractivity contribution is 5.69. The first-order valence-corrected chi connectivity index (χ1v) is 9.10. The van der Waals surface area contributed by atoms with Gasteiger partial charge >= 0.3 is 5.97 Å². The topological polar surface area (TPSA) is 68.2 Å². The lowest BCUT2D eigenvalue weighted by Crippen LogP contribution is -2.74. The Labute approximate surface area is 152 Å². The van der Waals surface area contributed by atoms with Crippen molar-refractivity contribution < 1.29 is 24.1 Å². The molecular formula is C20H23NO5. The van der Waals surface area contributed by atoms with E-state index in [1.165, 1.54) is 12.5 Å². The van der Waals surface area contributed by atoms with Gasteiger partial charge in [-0.1, -0.05) is 6.07 Å². The largest absolute Gasteiger partial charge is 0.493 e. The molecular weight excluding hydrogens is 334 g/mol. The van der Waals surface area contributed by atoms with Gasteiger partial charge in [-0.15, -0.1) is 0 Å². The average molecular weight is 357 g/mol. The third kappa shape index (κ3) is 1.67. The highest BCUT2D eigenvalue weighted by Gasteiger charge is 2.72. The normalized spacial score (nSPS) is 36.7. The molecule has 5 rings (SSSR count). The van der Waals surface area contributed by atoms with Gasteiger partial charge in [0.1, 0.15) is 5.76 Å². The van der Waals surface area contributed by atoms with Crippen LogP contribution in [0.1, 0.15) is 30.9 Å². The van der Waals surface area contributed by atoms with E-state index < -0.39 is 17.1 Å². The van der Waals surface area contributed by atoms with Crippen molar-refractivity contribution in [3.63, 3.8) is 0 Å². The molecule has 1 spiro atoms. The van der Waals surface area contributed by atoms with Crippen LogP contribution in [0.15, 0.2) is 24.0 Å². The zero-order valence-electron chi connectivity index (χ0n) is 15.2. The van der Waals surface area contributed by atoms with Crippen molar-refractivity contribution in [3.05, 3.63) is 35.1 Å². The minimum atomic E-state index is -0.959. The van der Waals surface area contributed by atoms with Gasteiger partial charge in [0.05, 0.1) is 18.1 Å². The lowest BCUT2D eigenvalue weighted by Gasteiger charge is -2.61. The zero-order chi connectivity index (χ0) is 18.3. The molecule has 6 heteroatoms. The molecule has 1 aromatic rings. The third-order valence-corrected chi connectivity index (χ3v) is 6.82. The van der Waals surface area contributed by atoms with Crippen LogP contribution in [-0.4, -0.2) is 54.4 Å². The Morgan fingerprint density at radius 3 is 2.96 bits per heavy atom. The van der Waals surface area contributed by atoms with Crippen molar-refractivity contribution in [1.29, 1.82) is 0 Å². The summed E-state index contributed by atoms with van der Waals surface area (Å²) in [5.41, 5.74) is 0.667. The maximum Gasteiger partial charge on any atom is 0.307 e. The summed E-state index contributed by atoms with van der Waals surface area (Å²) in [6, 6.07) is 4.02. The minimum Gasteiger partial charge on any atom is -0.493 e. The van der Waals surface area contributed by atoms with Crippen molar-refractivity contribution in [2.24, 2.45) is 0 Å². The number of likely N-dealkylation sites (tertiary alicyclic amines) is 1. The molecule has 1 saturated heterocycles. The SMILES string of the molecule is COc1ccc2c3c1O[C@H]1C(OC(C)=O)=CC[C@@]4(O)C(C2)N(C)CCC314. The molecule has 1 fully saturated rings. The number of aliphatic hydroxyl groups is 1. The van der Waals surface area contributed by atoms with Gasteiger partial charge in [-0.3, -0.25) is 4.79 Å². The number of rotatable bonds is 2. The van der Waals surface area contributed by atoms with Gasteiger partial charge in [0.25, 0.3) is 0 Å². The number of carbonyl (C=O) groups is 1. The Morgan fingerprint density at radius 1 is 1.42 bits per heavy atom. The summed E-state index contributed by atoms with van der Waals surface area (Å²) in [5, 5.41) is 12.0. The second-order valence-corrected chi connectivity index (χ2v) is 7.88. The van der Waals surface area contributed by atoms with E-state index in [9.17, 15) is 9.90 Å². The van der Waals surface area contributed by atoms with Crippen molar-refractivity contribution in [2.75, 3.05) is 20.7 Å². The quantitative estimate of drug-likeness (QED) is 0.810. The number of hydrogen-bond acceptors (Lipinski definition) is 6. The first kappa shape index (κ1) is 16.1. The van der Waals surface area contributed by atoms with Gasteiger partial charge in [-0.25, -0.2) is 0 Å². The highest BCUT2D eigenvalue weighted by Crippen LogP contribution is 2.65. The molecule has 1 aromatic carbocycles. The maximum atomic E-state index is 12.0. The lowest BCUT2D eigenvalue weighted by atomic mass is 9.50. The predicted octanol–water partition coefficient (Wildman–Crippen LogP) is 1.54. The third-order valence-electron chi connectivity index (χ3n) is 6.82. The minimum absolute atomic E-state index is 0.00400. The molecule has 0 saturated carbocycles. The van der Waals surface area contributed by atoms with Crippen LogP contribution in [0.25, 0.3) is 0 Å². The van der Waals surface area contributed by atoms with Crippen LogP contribution in [-0.2, 0) is 21.4 Å². The molecule has 1 N–H and O–H groups in total. The predicted molar refractivity (Wildman–Crippen MR) is 93.2 cm³/mol. The van der Waals surface area contributed by atoms with Crippen molar-refractivity contribution in [2.45, 2.75) is 49.3 Å². The van der Waals surface area contributed by atoms with Crippen LogP contribution in [0.2, 0.25) is 0 Å². The van der Waals surface area contributed by atoms with E-state index >= 15 is 0 Å². The molecule has 0 amide bonds. The van der Waals surface area contributed by atoms with Crippen LogP contribution in [0.5, 0.6) is 11.5 Å². The van der Waals surface area contributed by atoms with Gasteiger partial charge in [0.15, 0.2) is 17.6 Å². The summed E-state index contributed by atoms with van der Waals surface area (Å²) in [6.07, 6.45) is 3.29. The molecule has 138 valence electrons. The van der Waals surface area contributed by atoms with E-state index in [0.29, 0.717) is 23.7 Å². The standard InChI is InChI=1S/C20H23NO5/c1-11(22)25-14-6-7-20(23)15-10-12-4-5-13(24-3)17-16(12)19(20,18(14)26-17)8-9-21(15)2/h4-6,15,18,23H,7-10H2,1-3H3/t15?,18-,19?,20+/m0/s1. The summed E-state index contributed by atoms with van der Waals surface area (Å²) in [6.45, 7) is 2.25. The van der Waals surface area contributed by atoms with Crippen LogP contribution in [0.3, 0.4) is 0 Å². The molecule has 2 aliphatic carbocycles. The van der Waals surface area contributed by atoms with Crippen LogP contribution >= 0.6 is 0 Å². The van der Waals surface area contributed by atoms with Gasteiger partial charge in [0, 0.05) is 24.9 Å². The molecule has 2 aliphatic heterocycles. The first-order chi connectivity index (χ1) is 12.4. The number of likely N-dealkylation sites (N-methyl/N-ethyl adjacent to an activating group) is 1. The summed E-state index contributed by atoms with van der Waals surface area (Å²) in [4.78, 5) is 13.9. The molecule has 2 unspecified atom stereocenters. The molecule has 0 aromatic heterocycles. The van der Waals surface area contributed by atoms with Gasteiger partial charge in [0.2, 0.25) is 0 Å². The molecule has 2 heterocycles. The summed E-state index contributed by atoms with van der Waals surface area (Å²) in [5.74, 6) is 1.49. The fourth-order valence-corrected chi connectivity index (χ4v) is 5.75. The number of carbonyl (C=O) groups excluding carboxylic acids is 1. The van der Waals surface area contributed by atoms with Gasteiger partial charge < -0.3 is 24.2 Å². The Morgan fingerprint density at radius 2 is 2.23 bits per heavy atom. The maximum absolute atomic E-state index is 12.0. The number of ether oxygens (including phenoxy) is 3. The Hall–Kier alpha value is -2.05. The van der Waals surface area contributed by atoms with Crippen LogP contribution in [0.4, 0.5) is 0 Å². The van der Waals surface area contributed by atoms with Gasteiger partial charge in [-0.05, 0) is 44.1 Å². The number of piperidine rings is 1. The Bertz CT molecular complexity index is 849. The highest BCUT2D eigenvalue weighted by atomic mass is 16.6. The van der Waals surface area contributed by atoms with E-state index in [2.05, 4.69) is 18.0 Å².